The summed E-state index contributed by atoms with van der Waals surface area (Å²) in [5, 5.41) is 7.28. The highest BCUT2D eigenvalue weighted by atomic mass is 19.4. The zero-order valence-corrected chi connectivity index (χ0v) is 12.2. The molecule has 0 bridgehead atoms. The number of benzene rings is 1. The van der Waals surface area contributed by atoms with Gasteiger partial charge in [0, 0.05) is 24.4 Å². The summed E-state index contributed by atoms with van der Waals surface area (Å²) in [5.74, 6) is -1.51. The second-order valence-electron chi connectivity index (χ2n) is 4.95. The van der Waals surface area contributed by atoms with E-state index in [1.54, 1.807) is 30.3 Å². The third kappa shape index (κ3) is 3.50. The minimum absolute atomic E-state index is 0.130. The molecule has 0 unspecified atom stereocenters. The van der Waals surface area contributed by atoms with E-state index >= 15 is 0 Å². The normalized spacial score (nSPS) is 11.6. The molecule has 0 N–H and O–H groups in total. The second kappa shape index (κ2) is 6.26. The molecule has 9 heteroatoms. The van der Waals surface area contributed by atoms with E-state index in [1.807, 2.05) is 0 Å². The summed E-state index contributed by atoms with van der Waals surface area (Å²) in [6.07, 6.45) is -2.59. The van der Waals surface area contributed by atoms with Crippen LogP contribution in [0.1, 0.15) is 11.5 Å². The Hall–Kier alpha value is -2.97. The second-order valence-corrected chi connectivity index (χ2v) is 4.95. The van der Waals surface area contributed by atoms with Crippen LogP contribution in [0.2, 0.25) is 0 Å². The number of aromatic nitrogens is 4. The predicted molar refractivity (Wildman–Crippen MR) is 76.9 cm³/mol. The standard InChI is InChI=1S/C15H11F3N4O2/c16-15(17,18)14-20-13(21-24-14)11-5-3-10(4-6-11)7-9-22-12(23)2-1-8-19-22/h1-6,8H,7,9H2. The molecule has 0 fully saturated rings. The van der Waals surface area contributed by atoms with Gasteiger partial charge in [-0.1, -0.05) is 29.4 Å². The van der Waals surface area contributed by atoms with Crippen LogP contribution in [0.4, 0.5) is 13.2 Å². The van der Waals surface area contributed by atoms with Crippen LogP contribution in [0.25, 0.3) is 11.4 Å². The van der Waals surface area contributed by atoms with Gasteiger partial charge in [-0.25, -0.2) is 4.68 Å². The lowest BCUT2D eigenvalue weighted by Gasteiger charge is -2.04. The van der Waals surface area contributed by atoms with Crippen molar-refractivity contribution >= 4 is 0 Å². The number of rotatable bonds is 4. The fourth-order valence-electron chi connectivity index (χ4n) is 2.07. The first-order valence-corrected chi connectivity index (χ1v) is 6.96. The van der Waals surface area contributed by atoms with E-state index in [9.17, 15) is 18.0 Å². The number of nitrogens with zero attached hydrogens (tertiary/aromatic N) is 4. The predicted octanol–water partition coefficient (Wildman–Crippen LogP) is 2.55. The third-order valence-corrected chi connectivity index (χ3v) is 3.28. The van der Waals surface area contributed by atoms with Gasteiger partial charge in [-0.15, -0.1) is 0 Å². The molecule has 0 aliphatic heterocycles. The lowest BCUT2D eigenvalue weighted by atomic mass is 10.1. The molecule has 3 aromatic rings. The lowest BCUT2D eigenvalue weighted by molar-refractivity contribution is -0.159. The molecular weight excluding hydrogens is 325 g/mol. The Morgan fingerprint density at radius 3 is 2.50 bits per heavy atom. The zero-order chi connectivity index (χ0) is 17.2. The summed E-state index contributed by atoms with van der Waals surface area (Å²) >= 11 is 0. The molecule has 124 valence electrons. The van der Waals surface area contributed by atoms with Gasteiger partial charge >= 0.3 is 12.1 Å². The molecule has 0 saturated carbocycles. The smallest absolute Gasteiger partial charge is 0.329 e. The number of aryl methyl sites for hydroxylation is 2. The summed E-state index contributed by atoms with van der Waals surface area (Å²) < 4.78 is 42.9. The van der Waals surface area contributed by atoms with Gasteiger partial charge in [0.1, 0.15) is 0 Å². The maximum atomic E-state index is 12.4. The van der Waals surface area contributed by atoms with Crippen molar-refractivity contribution in [2.75, 3.05) is 0 Å². The first-order chi connectivity index (χ1) is 11.4. The highest BCUT2D eigenvalue weighted by Crippen LogP contribution is 2.29. The molecule has 24 heavy (non-hydrogen) atoms. The molecular formula is C15H11F3N4O2. The Kier molecular flexibility index (Phi) is 4.15. The number of hydrogen-bond donors (Lipinski definition) is 0. The van der Waals surface area contributed by atoms with E-state index in [2.05, 4.69) is 19.8 Å². The molecule has 3 rings (SSSR count). The minimum atomic E-state index is -4.67. The van der Waals surface area contributed by atoms with Crippen molar-refractivity contribution in [3.63, 3.8) is 0 Å². The molecule has 2 heterocycles. The van der Waals surface area contributed by atoms with Crippen molar-refractivity contribution in [1.82, 2.24) is 19.9 Å². The maximum Gasteiger partial charge on any atom is 0.471 e. The Balaban J connectivity index is 1.70. The molecule has 1 aromatic carbocycles. The minimum Gasteiger partial charge on any atom is -0.329 e. The molecule has 0 amide bonds. The Morgan fingerprint density at radius 1 is 1.12 bits per heavy atom. The van der Waals surface area contributed by atoms with Gasteiger partial charge in [-0.05, 0) is 18.1 Å². The monoisotopic (exact) mass is 336 g/mol. The molecule has 0 atom stereocenters. The van der Waals surface area contributed by atoms with Crippen molar-refractivity contribution in [3.05, 3.63) is 64.4 Å². The van der Waals surface area contributed by atoms with Gasteiger partial charge in [0.2, 0.25) is 5.82 Å². The van der Waals surface area contributed by atoms with E-state index in [-0.39, 0.29) is 11.4 Å². The largest absolute Gasteiger partial charge is 0.471 e. The van der Waals surface area contributed by atoms with Crippen molar-refractivity contribution in [2.24, 2.45) is 0 Å². The van der Waals surface area contributed by atoms with Gasteiger partial charge < -0.3 is 4.52 Å². The van der Waals surface area contributed by atoms with Gasteiger partial charge in [0.25, 0.3) is 5.56 Å². The van der Waals surface area contributed by atoms with Crippen LogP contribution >= 0.6 is 0 Å². The van der Waals surface area contributed by atoms with Crippen LogP contribution < -0.4 is 5.56 Å². The van der Waals surface area contributed by atoms with Crippen LogP contribution in [0.15, 0.2) is 51.9 Å². The summed E-state index contributed by atoms with van der Waals surface area (Å²) in [7, 11) is 0. The first-order valence-electron chi connectivity index (χ1n) is 6.96. The third-order valence-electron chi connectivity index (χ3n) is 3.28. The van der Waals surface area contributed by atoms with E-state index in [1.165, 1.54) is 16.9 Å². The fraction of sp³-hybridized carbons (Fsp3) is 0.200. The van der Waals surface area contributed by atoms with Crippen LogP contribution in [0.3, 0.4) is 0 Å². The molecule has 0 spiro atoms. The molecule has 0 saturated heterocycles. The summed E-state index contributed by atoms with van der Waals surface area (Å²) in [6.45, 7) is 0.402. The van der Waals surface area contributed by atoms with E-state index in [4.69, 9.17) is 0 Å². The number of hydrogen-bond acceptors (Lipinski definition) is 5. The van der Waals surface area contributed by atoms with Crippen LogP contribution in [-0.4, -0.2) is 19.9 Å². The average Bonchev–Trinajstić information content (AvgIpc) is 3.05. The summed E-state index contributed by atoms with van der Waals surface area (Å²) in [5.41, 5.74) is 1.12. The van der Waals surface area contributed by atoms with Gasteiger partial charge in [0.05, 0.1) is 0 Å². The van der Waals surface area contributed by atoms with Gasteiger partial charge in [0.15, 0.2) is 0 Å². The maximum absolute atomic E-state index is 12.4. The number of halogens is 3. The van der Waals surface area contributed by atoms with E-state index in [0.29, 0.717) is 18.5 Å². The Bertz CT molecular complexity index is 884. The average molecular weight is 336 g/mol. The van der Waals surface area contributed by atoms with Crippen LogP contribution in [0.5, 0.6) is 0 Å². The molecule has 6 nitrogen and oxygen atoms in total. The highest BCUT2D eigenvalue weighted by molar-refractivity contribution is 5.54. The van der Waals surface area contributed by atoms with Crippen LogP contribution in [-0.2, 0) is 19.1 Å². The topological polar surface area (TPSA) is 73.8 Å². The zero-order valence-electron chi connectivity index (χ0n) is 12.2. The summed E-state index contributed by atoms with van der Waals surface area (Å²) in [6, 6.07) is 9.64. The summed E-state index contributed by atoms with van der Waals surface area (Å²) in [4.78, 5) is 14.9. The van der Waals surface area contributed by atoms with Crippen molar-refractivity contribution in [2.45, 2.75) is 19.1 Å². The Morgan fingerprint density at radius 2 is 1.88 bits per heavy atom. The van der Waals surface area contributed by atoms with Crippen molar-refractivity contribution in [1.29, 1.82) is 0 Å². The molecule has 2 aromatic heterocycles. The first kappa shape index (κ1) is 15.9. The molecule has 0 radical (unpaired) electrons. The quantitative estimate of drug-likeness (QED) is 0.732. The molecule has 0 aliphatic rings. The molecule has 0 aliphatic carbocycles. The highest BCUT2D eigenvalue weighted by Gasteiger charge is 2.38. The van der Waals surface area contributed by atoms with Gasteiger partial charge in [-0.2, -0.15) is 23.3 Å². The van der Waals surface area contributed by atoms with Crippen LogP contribution in [0, 0.1) is 0 Å². The van der Waals surface area contributed by atoms with Crippen molar-refractivity contribution in [3.8, 4) is 11.4 Å². The lowest BCUT2D eigenvalue weighted by Crippen LogP contribution is -2.22. The Labute approximate surface area is 133 Å². The SMILES string of the molecule is O=c1cccnn1CCc1ccc(-c2noc(C(F)(F)F)n2)cc1. The van der Waals surface area contributed by atoms with Gasteiger partial charge in [-0.3, -0.25) is 4.79 Å². The van der Waals surface area contributed by atoms with Crippen molar-refractivity contribution < 1.29 is 17.7 Å². The number of alkyl halides is 3. The van der Waals surface area contributed by atoms with E-state index in [0.717, 1.165) is 5.56 Å². The fourth-order valence-corrected chi connectivity index (χ4v) is 2.07. The van der Waals surface area contributed by atoms with E-state index < -0.39 is 12.1 Å².